The lowest BCUT2D eigenvalue weighted by molar-refractivity contribution is -0.0761. The average molecular weight is 286 g/mol. The molecule has 0 aromatic carbocycles. The Bertz CT molecular complexity index is 504. The minimum absolute atomic E-state index is 0.0555. The lowest BCUT2D eigenvalue weighted by atomic mass is 9.47. The molecule has 0 aliphatic heterocycles. The third kappa shape index (κ3) is 1.73. The van der Waals surface area contributed by atoms with E-state index in [0.717, 1.165) is 24.2 Å². The summed E-state index contributed by atoms with van der Waals surface area (Å²) in [5, 5.41) is 10.5. The first-order valence-corrected chi connectivity index (χ1v) is 9.04. The van der Waals surface area contributed by atoms with E-state index in [1.807, 2.05) is 0 Å². The summed E-state index contributed by atoms with van der Waals surface area (Å²) in [5.41, 5.74) is 2.22. The molecule has 0 heterocycles. The normalized spacial score (nSPS) is 55.4. The number of aliphatic hydroxyl groups is 1. The van der Waals surface area contributed by atoms with E-state index >= 15 is 0 Å². The van der Waals surface area contributed by atoms with E-state index in [0.29, 0.717) is 11.3 Å². The van der Waals surface area contributed by atoms with Crippen LogP contribution in [0.3, 0.4) is 0 Å². The lowest BCUT2D eigenvalue weighted by Crippen LogP contribution is -2.52. The third-order valence-electron chi connectivity index (χ3n) is 7.94. The molecule has 0 amide bonds. The molecular weight excluding hydrogens is 256 g/mol. The van der Waals surface area contributed by atoms with Gasteiger partial charge in [0, 0.05) is 0 Å². The highest BCUT2D eigenvalue weighted by atomic mass is 16.3. The Labute approximate surface area is 129 Å². The topological polar surface area (TPSA) is 20.2 Å². The summed E-state index contributed by atoms with van der Waals surface area (Å²) in [4.78, 5) is 0. The van der Waals surface area contributed by atoms with Crippen molar-refractivity contribution in [2.24, 2.45) is 34.5 Å². The molecule has 1 N–H and O–H groups in total. The molecule has 4 rings (SSSR count). The maximum absolute atomic E-state index is 10.5. The Hall–Kier alpha value is -0.560. The van der Waals surface area contributed by atoms with Crippen LogP contribution in [0.5, 0.6) is 0 Å². The van der Waals surface area contributed by atoms with Crippen LogP contribution in [0.2, 0.25) is 0 Å². The Morgan fingerprint density at radius 1 is 1.10 bits per heavy atom. The van der Waals surface area contributed by atoms with E-state index in [4.69, 9.17) is 0 Å². The van der Waals surface area contributed by atoms with Crippen molar-refractivity contribution < 1.29 is 5.11 Å². The molecule has 7 atom stereocenters. The summed E-state index contributed by atoms with van der Waals surface area (Å²) in [7, 11) is 0. The van der Waals surface area contributed by atoms with Gasteiger partial charge >= 0.3 is 0 Å². The van der Waals surface area contributed by atoms with E-state index in [2.05, 4.69) is 39.0 Å². The highest BCUT2D eigenvalue weighted by Crippen LogP contribution is 2.65. The third-order valence-corrected chi connectivity index (χ3v) is 7.94. The minimum atomic E-state index is -0.0555. The summed E-state index contributed by atoms with van der Waals surface area (Å²) < 4.78 is 0. The molecule has 0 saturated heterocycles. The zero-order chi connectivity index (χ0) is 14.8. The fraction of sp³-hybridized carbons (Fsp3) is 0.800. The monoisotopic (exact) mass is 286 g/mol. The number of aliphatic hydroxyl groups excluding tert-OH is 1. The molecular formula is C20H30O. The zero-order valence-corrected chi connectivity index (χ0v) is 13.8. The van der Waals surface area contributed by atoms with E-state index in [1.54, 1.807) is 5.57 Å². The Morgan fingerprint density at radius 3 is 2.71 bits per heavy atom. The van der Waals surface area contributed by atoms with Crippen molar-refractivity contribution in [3.8, 4) is 0 Å². The molecule has 1 heteroatoms. The average Bonchev–Trinajstić information content (AvgIpc) is 2.76. The van der Waals surface area contributed by atoms with Crippen LogP contribution >= 0.6 is 0 Å². The van der Waals surface area contributed by atoms with Crippen molar-refractivity contribution >= 4 is 0 Å². The van der Waals surface area contributed by atoms with Gasteiger partial charge in [0.1, 0.15) is 0 Å². The lowest BCUT2D eigenvalue weighted by Gasteiger charge is -2.58. The van der Waals surface area contributed by atoms with Gasteiger partial charge in [-0.3, -0.25) is 0 Å². The van der Waals surface area contributed by atoms with Gasteiger partial charge in [0.2, 0.25) is 0 Å². The quantitative estimate of drug-likeness (QED) is 0.683. The minimum Gasteiger partial charge on any atom is -0.393 e. The van der Waals surface area contributed by atoms with Crippen molar-refractivity contribution in [1.29, 1.82) is 0 Å². The Balaban J connectivity index is 1.77. The SMILES string of the molecule is C[C@@H]1C=C2C=CCC[C@]2(C)[C@H]2CC[C@]3(C)[C@@H](O)CC[C@H]3[C@H]12. The van der Waals surface area contributed by atoms with E-state index < -0.39 is 0 Å². The van der Waals surface area contributed by atoms with Crippen LogP contribution in [0.4, 0.5) is 0 Å². The van der Waals surface area contributed by atoms with Gasteiger partial charge in [-0.2, -0.15) is 0 Å². The van der Waals surface area contributed by atoms with E-state index in [-0.39, 0.29) is 11.5 Å². The van der Waals surface area contributed by atoms with Crippen LogP contribution in [0.1, 0.15) is 59.3 Å². The smallest absolute Gasteiger partial charge is 0.0596 e. The zero-order valence-electron chi connectivity index (χ0n) is 13.8. The summed E-state index contributed by atoms with van der Waals surface area (Å²) in [5.74, 6) is 3.04. The number of fused-ring (bicyclic) bond motifs is 5. The largest absolute Gasteiger partial charge is 0.393 e. The molecule has 116 valence electrons. The van der Waals surface area contributed by atoms with Crippen LogP contribution < -0.4 is 0 Å². The van der Waals surface area contributed by atoms with Gasteiger partial charge in [0.15, 0.2) is 0 Å². The Morgan fingerprint density at radius 2 is 1.90 bits per heavy atom. The number of hydrogen-bond acceptors (Lipinski definition) is 1. The molecule has 1 nitrogen and oxygen atoms in total. The van der Waals surface area contributed by atoms with Crippen molar-refractivity contribution in [3.05, 3.63) is 23.8 Å². The molecule has 0 bridgehead atoms. The predicted molar refractivity (Wildman–Crippen MR) is 86.8 cm³/mol. The van der Waals surface area contributed by atoms with Gasteiger partial charge in [-0.1, -0.05) is 39.0 Å². The van der Waals surface area contributed by atoms with Gasteiger partial charge < -0.3 is 5.11 Å². The molecule has 0 radical (unpaired) electrons. The van der Waals surface area contributed by atoms with E-state index in [1.165, 1.54) is 32.1 Å². The molecule has 0 aromatic rings. The first-order chi connectivity index (χ1) is 9.97. The second-order valence-electron chi connectivity index (χ2n) is 8.77. The molecule has 0 unspecified atom stereocenters. The predicted octanol–water partition coefficient (Wildman–Crippen LogP) is 4.72. The first kappa shape index (κ1) is 14.1. The van der Waals surface area contributed by atoms with Crippen LogP contribution in [0.25, 0.3) is 0 Å². The van der Waals surface area contributed by atoms with E-state index in [9.17, 15) is 5.11 Å². The summed E-state index contributed by atoms with van der Waals surface area (Å²) >= 11 is 0. The van der Waals surface area contributed by atoms with Crippen molar-refractivity contribution in [3.63, 3.8) is 0 Å². The molecule has 2 fully saturated rings. The van der Waals surface area contributed by atoms with Crippen LogP contribution in [-0.2, 0) is 0 Å². The van der Waals surface area contributed by atoms with Gasteiger partial charge in [0.25, 0.3) is 0 Å². The molecule has 0 aromatic heterocycles. The molecule has 4 aliphatic rings. The van der Waals surface area contributed by atoms with Gasteiger partial charge in [-0.25, -0.2) is 0 Å². The molecule has 21 heavy (non-hydrogen) atoms. The number of hydrogen-bond donors (Lipinski definition) is 1. The fourth-order valence-electron chi connectivity index (χ4n) is 6.61. The first-order valence-electron chi connectivity index (χ1n) is 9.04. The van der Waals surface area contributed by atoms with Crippen molar-refractivity contribution in [2.45, 2.75) is 65.4 Å². The van der Waals surface area contributed by atoms with Gasteiger partial charge in [-0.05, 0) is 78.6 Å². The fourth-order valence-corrected chi connectivity index (χ4v) is 6.61. The van der Waals surface area contributed by atoms with Crippen molar-refractivity contribution in [1.82, 2.24) is 0 Å². The number of rotatable bonds is 0. The van der Waals surface area contributed by atoms with Gasteiger partial charge in [-0.15, -0.1) is 0 Å². The molecule has 4 aliphatic carbocycles. The maximum Gasteiger partial charge on any atom is 0.0596 e. The second kappa shape index (κ2) is 4.47. The summed E-state index contributed by atoms with van der Waals surface area (Å²) in [6, 6.07) is 0. The molecule has 0 spiro atoms. The van der Waals surface area contributed by atoms with Crippen LogP contribution in [0, 0.1) is 34.5 Å². The standard InChI is InChI=1S/C20H30O/c1-13-12-14-6-4-5-10-19(14,2)16-9-11-20(3)15(18(13)16)7-8-17(20)21/h4,6,12-13,15-18,21H,5,7-11H2,1-3H3/t13-,15+,16+,17+,18+,19+,20+/m1/s1. The second-order valence-corrected chi connectivity index (χ2v) is 8.77. The highest BCUT2D eigenvalue weighted by Gasteiger charge is 2.59. The molecule has 2 saturated carbocycles. The number of allylic oxidation sites excluding steroid dienone is 4. The van der Waals surface area contributed by atoms with Crippen molar-refractivity contribution in [2.75, 3.05) is 0 Å². The summed E-state index contributed by atoms with van der Waals surface area (Å²) in [6.45, 7) is 7.34. The highest BCUT2D eigenvalue weighted by molar-refractivity contribution is 5.35. The Kier molecular flexibility index (Phi) is 2.99. The van der Waals surface area contributed by atoms with Crippen LogP contribution in [-0.4, -0.2) is 11.2 Å². The van der Waals surface area contributed by atoms with Gasteiger partial charge in [0.05, 0.1) is 6.10 Å². The van der Waals surface area contributed by atoms with Crippen LogP contribution in [0.15, 0.2) is 23.8 Å². The summed E-state index contributed by atoms with van der Waals surface area (Å²) in [6.07, 6.45) is 14.7. The maximum atomic E-state index is 10.5.